The predicted octanol–water partition coefficient (Wildman–Crippen LogP) is 5.35. The molecule has 1 heterocycles. The van der Waals surface area contributed by atoms with Crippen LogP contribution in [-0.4, -0.2) is 23.8 Å². The van der Waals surface area contributed by atoms with Crippen LogP contribution < -0.4 is 15.5 Å². The number of carbonyl (C=O) groups is 3. The first-order valence-electron chi connectivity index (χ1n) is 10.9. The van der Waals surface area contributed by atoms with Gasteiger partial charge in [-0.1, -0.05) is 41.9 Å². The second-order valence-corrected chi connectivity index (χ2v) is 8.60. The highest BCUT2D eigenvalue weighted by molar-refractivity contribution is 6.30. The summed E-state index contributed by atoms with van der Waals surface area (Å²) >= 11 is 5.93. The number of anilines is 3. The second kappa shape index (κ2) is 9.93. The molecule has 2 N–H and O–H groups in total. The molecule has 1 atom stereocenters. The highest BCUT2D eigenvalue weighted by Gasteiger charge is 2.37. The number of aryl methyl sites for hydroxylation is 2. The lowest BCUT2D eigenvalue weighted by molar-refractivity contribution is -0.124. The van der Waals surface area contributed by atoms with Gasteiger partial charge >= 0.3 is 0 Å². The Balaban J connectivity index is 1.59. The molecule has 0 radical (unpaired) electrons. The molecule has 172 valence electrons. The van der Waals surface area contributed by atoms with Crippen molar-refractivity contribution in [2.24, 2.45) is 0 Å². The lowest BCUT2D eigenvalue weighted by Crippen LogP contribution is -2.52. The minimum Gasteiger partial charge on any atom is -0.326 e. The predicted molar refractivity (Wildman–Crippen MR) is 136 cm³/mol. The Morgan fingerprint density at radius 2 is 1.76 bits per heavy atom. The molecule has 0 saturated carbocycles. The third-order valence-corrected chi connectivity index (χ3v) is 5.98. The van der Waals surface area contributed by atoms with E-state index in [0.717, 1.165) is 16.7 Å². The van der Waals surface area contributed by atoms with Gasteiger partial charge in [0.2, 0.25) is 11.8 Å². The van der Waals surface area contributed by atoms with E-state index in [-0.39, 0.29) is 12.3 Å². The molecule has 7 heteroatoms. The van der Waals surface area contributed by atoms with Crippen LogP contribution in [0.3, 0.4) is 0 Å². The van der Waals surface area contributed by atoms with Crippen LogP contribution in [0.25, 0.3) is 6.08 Å². The van der Waals surface area contributed by atoms with E-state index in [0.29, 0.717) is 22.1 Å². The van der Waals surface area contributed by atoms with Crippen LogP contribution in [0.15, 0.2) is 72.8 Å². The summed E-state index contributed by atoms with van der Waals surface area (Å²) in [7, 11) is 0. The number of halogens is 1. The van der Waals surface area contributed by atoms with E-state index in [4.69, 9.17) is 11.6 Å². The third-order valence-electron chi connectivity index (χ3n) is 5.73. The fourth-order valence-electron chi connectivity index (χ4n) is 3.78. The monoisotopic (exact) mass is 473 g/mol. The Morgan fingerprint density at radius 1 is 1.03 bits per heavy atom. The summed E-state index contributed by atoms with van der Waals surface area (Å²) in [4.78, 5) is 40.5. The van der Waals surface area contributed by atoms with Crippen LogP contribution in [0.4, 0.5) is 17.1 Å². The van der Waals surface area contributed by atoms with Gasteiger partial charge in [-0.2, -0.15) is 0 Å². The van der Waals surface area contributed by atoms with E-state index in [1.807, 2.05) is 32.0 Å². The van der Waals surface area contributed by atoms with Crippen LogP contribution in [0.2, 0.25) is 5.02 Å². The number of para-hydroxylation sites is 2. The van der Waals surface area contributed by atoms with Crippen LogP contribution in [0, 0.1) is 13.8 Å². The molecule has 34 heavy (non-hydrogen) atoms. The number of benzene rings is 3. The summed E-state index contributed by atoms with van der Waals surface area (Å²) in [5.41, 5.74) is 4.65. The number of carbonyl (C=O) groups excluding carboxylic acids is 3. The summed E-state index contributed by atoms with van der Waals surface area (Å²) in [6, 6.07) is 18.7. The van der Waals surface area contributed by atoms with E-state index in [9.17, 15) is 14.4 Å². The normalized spacial score (nSPS) is 15.1. The SMILES string of the molecule is Cc1ccc(NC(=O)C[C@H]2C(=O)Nc3ccccc3N2C(=O)/C=C/c2ccc(Cl)cc2)cc1C. The summed E-state index contributed by atoms with van der Waals surface area (Å²) < 4.78 is 0. The van der Waals surface area contributed by atoms with Crippen molar-refractivity contribution in [3.8, 4) is 0 Å². The van der Waals surface area contributed by atoms with E-state index < -0.39 is 17.9 Å². The fourth-order valence-corrected chi connectivity index (χ4v) is 3.90. The van der Waals surface area contributed by atoms with Crippen molar-refractivity contribution in [2.45, 2.75) is 26.3 Å². The highest BCUT2D eigenvalue weighted by Crippen LogP contribution is 2.33. The van der Waals surface area contributed by atoms with Crippen LogP contribution in [0.5, 0.6) is 0 Å². The Hall–Kier alpha value is -3.90. The topological polar surface area (TPSA) is 78.5 Å². The van der Waals surface area contributed by atoms with E-state index in [2.05, 4.69) is 10.6 Å². The number of hydrogen-bond donors (Lipinski definition) is 2. The molecule has 1 aliphatic heterocycles. The molecule has 0 unspecified atom stereocenters. The first-order valence-corrected chi connectivity index (χ1v) is 11.2. The lowest BCUT2D eigenvalue weighted by Gasteiger charge is -2.35. The molecular weight excluding hydrogens is 450 g/mol. The maximum absolute atomic E-state index is 13.3. The minimum absolute atomic E-state index is 0.187. The molecule has 0 saturated heterocycles. The number of nitrogens with one attached hydrogen (secondary N) is 2. The van der Waals surface area contributed by atoms with Crippen molar-refractivity contribution in [3.05, 3.63) is 94.5 Å². The van der Waals surface area contributed by atoms with Crippen molar-refractivity contribution in [2.75, 3.05) is 15.5 Å². The quantitative estimate of drug-likeness (QED) is 0.490. The molecule has 3 amide bonds. The Kier molecular flexibility index (Phi) is 6.80. The Labute approximate surface area is 203 Å². The Morgan fingerprint density at radius 3 is 2.50 bits per heavy atom. The maximum Gasteiger partial charge on any atom is 0.251 e. The van der Waals surface area contributed by atoms with Gasteiger partial charge in [0.15, 0.2) is 0 Å². The average molecular weight is 474 g/mol. The minimum atomic E-state index is -0.996. The zero-order chi connectivity index (χ0) is 24.2. The molecule has 3 aromatic carbocycles. The van der Waals surface area contributed by atoms with E-state index in [1.165, 1.54) is 11.0 Å². The molecule has 4 rings (SSSR count). The van der Waals surface area contributed by atoms with Gasteiger partial charge in [0.1, 0.15) is 6.04 Å². The first kappa shape index (κ1) is 23.3. The zero-order valence-electron chi connectivity index (χ0n) is 18.8. The molecule has 1 aliphatic rings. The van der Waals surface area contributed by atoms with Gasteiger partial charge in [0.25, 0.3) is 5.91 Å². The van der Waals surface area contributed by atoms with Gasteiger partial charge in [-0.25, -0.2) is 0 Å². The van der Waals surface area contributed by atoms with Crippen molar-refractivity contribution in [1.29, 1.82) is 0 Å². The standard InChI is InChI=1S/C27H24ClN3O3/c1-17-7-13-21(15-18(17)2)29-25(32)16-24-27(34)30-22-5-3-4-6-23(22)31(24)26(33)14-10-19-8-11-20(28)12-9-19/h3-15,24H,16H2,1-2H3,(H,29,32)(H,30,34)/b14-10+/t24-/m0/s1. The maximum atomic E-state index is 13.3. The molecular formula is C27H24ClN3O3. The average Bonchev–Trinajstić information content (AvgIpc) is 2.81. The number of nitrogens with zero attached hydrogens (tertiary/aromatic N) is 1. The van der Waals surface area contributed by atoms with Gasteiger partial charge < -0.3 is 10.6 Å². The molecule has 6 nitrogen and oxygen atoms in total. The largest absolute Gasteiger partial charge is 0.326 e. The fraction of sp³-hybridized carbons (Fsp3) is 0.148. The van der Waals surface area contributed by atoms with Crippen molar-refractivity contribution >= 4 is 52.5 Å². The van der Waals surface area contributed by atoms with Crippen molar-refractivity contribution < 1.29 is 14.4 Å². The van der Waals surface area contributed by atoms with Gasteiger partial charge in [-0.05, 0) is 73.0 Å². The number of hydrogen-bond acceptors (Lipinski definition) is 3. The second-order valence-electron chi connectivity index (χ2n) is 8.17. The number of amides is 3. The van der Waals surface area contributed by atoms with Gasteiger partial charge in [-0.15, -0.1) is 0 Å². The van der Waals surface area contributed by atoms with Gasteiger partial charge in [0.05, 0.1) is 17.8 Å². The highest BCUT2D eigenvalue weighted by atomic mass is 35.5. The molecule has 0 fully saturated rings. The summed E-state index contributed by atoms with van der Waals surface area (Å²) in [5.74, 6) is -1.18. The summed E-state index contributed by atoms with van der Waals surface area (Å²) in [6.45, 7) is 3.95. The van der Waals surface area contributed by atoms with Crippen molar-refractivity contribution in [1.82, 2.24) is 0 Å². The first-order chi connectivity index (χ1) is 16.3. The van der Waals surface area contributed by atoms with Crippen LogP contribution in [-0.2, 0) is 14.4 Å². The van der Waals surface area contributed by atoms with Crippen molar-refractivity contribution in [3.63, 3.8) is 0 Å². The van der Waals surface area contributed by atoms with Gasteiger partial charge in [-0.3, -0.25) is 19.3 Å². The molecule has 0 aromatic heterocycles. The molecule has 0 bridgehead atoms. The van der Waals surface area contributed by atoms with E-state index in [1.54, 1.807) is 54.6 Å². The molecule has 0 spiro atoms. The molecule has 3 aromatic rings. The van der Waals surface area contributed by atoms with Crippen LogP contribution in [0.1, 0.15) is 23.1 Å². The van der Waals surface area contributed by atoms with Crippen LogP contribution >= 0.6 is 11.6 Å². The number of rotatable bonds is 5. The molecule has 0 aliphatic carbocycles. The van der Waals surface area contributed by atoms with E-state index >= 15 is 0 Å². The smallest absolute Gasteiger partial charge is 0.251 e. The zero-order valence-corrected chi connectivity index (χ0v) is 19.6. The number of fused-ring (bicyclic) bond motifs is 1. The Bertz CT molecular complexity index is 1280. The van der Waals surface area contributed by atoms with Gasteiger partial charge in [0, 0.05) is 16.8 Å². The lowest BCUT2D eigenvalue weighted by atomic mass is 10.0. The summed E-state index contributed by atoms with van der Waals surface area (Å²) in [6.07, 6.45) is 2.86. The third kappa shape index (κ3) is 5.18. The summed E-state index contributed by atoms with van der Waals surface area (Å²) in [5, 5.41) is 6.24.